The van der Waals surface area contributed by atoms with Crippen LogP contribution in [0.1, 0.15) is 42.2 Å². The van der Waals surface area contributed by atoms with Crippen molar-refractivity contribution in [3.63, 3.8) is 0 Å². The highest BCUT2D eigenvalue weighted by atomic mass is 16.5. The van der Waals surface area contributed by atoms with Gasteiger partial charge in [0, 0.05) is 23.0 Å². The van der Waals surface area contributed by atoms with E-state index in [1.165, 1.54) is 12.8 Å². The Hall–Kier alpha value is -3.93. The molecule has 0 radical (unpaired) electrons. The van der Waals surface area contributed by atoms with Gasteiger partial charge < -0.3 is 23.9 Å². The largest absolute Gasteiger partial charge is 0.497 e. The van der Waals surface area contributed by atoms with E-state index in [2.05, 4.69) is 6.92 Å². The summed E-state index contributed by atoms with van der Waals surface area (Å²) in [6.45, 7) is 3.79. The lowest BCUT2D eigenvalue weighted by molar-refractivity contribution is 0.0687. The summed E-state index contributed by atoms with van der Waals surface area (Å²) in [4.78, 5) is 12.7. The summed E-state index contributed by atoms with van der Waals surface area (Å²) < 4.78 is 19.0. The van der Waals surface area contributed by atoms with Gasteiger partial charge in [-0.05, 0) is 78.8 Å². The summed E-state index contributed by atoms with van der Waals surface area (Å²) in [7, 11) is 1.63. The summed E-state index contributed by atoms with van der Waals surface area (Å²) in [5.41, 5.74) is 3.54. The zero-order valence-corrected chi connectivity index (χ0v) is 20.7. The van der Waals surface area contributed by atoms with Crippen LogP contribution in [0.5, 0.6) is 17.2 Å². The zero-order chi connectivity index (χ0) is 25.1. The summed E-state index contributed by atoms with van der Waals surface area (Å²) >= 11 is 0. The molecule has 36 heavy (non-hydrogen) atoms. The number of fused-ring (bicyclic) bond motifs is 1. The van der Waals surface area contributed by atoms with Crippen LogP contribution in [0, 0.1) is 5.92 Å². The lowest BCUT2D eigenvalue weighted by atomic mass is 10.0. The van der Waals surface area contributed by atoms with Gasteiger partial charge in [-0.25, -0.2) is 4.79 Å². The molecule has 0 unspecified atom stereocenters. The van der Waals surface area contributed by atoms with Crippen molar-refractivity contribution < 1.29 is 24.1 Å². The number of ether oxygens (including phenoxy) is 3. The average Bonchev–Trinajstić information content (AvgIpc) is 3.68. The highest BCUT2D eigenvalue weighted by Gasteiger charge is 2.25. The molecule has 3 aromatic carbocycles. The van der Waals surface area contributed by atoms with Crippen LogP contribution in [0.25, 0.3) is 22.0 Å². The van der Waals surface area contributed by atoms with Crippen molar-refractivity contribution in [1.82, 2.24) is 4.57 Å². The van der Waals surface area contributed by atoms with E-state index in [1.807, 2.05) is 71.3 Å². The van der Waals surface area contributed by atoms with Gasteiger partial charge in [0.25, 0.3) is 0 Å². The molecule has 6 nitrogen and oxygen atoms in total. The first-order valence-corrected chi connectivity index (χ1v) is 12.5. The summed E-state index contributed by atoms with van der Waals surface area (Å²) in [6, 6.07) is 21.2. The Balaban J connectivity index is 1.62. The Morgan fingerprint density at radius 1 is 0.972 bits per heavy atom. The van der Waals surface area contributed by atoms with Crippen molar-refractivity contribution in [1.29, 1.82) is 0 Å². The Morgan fingerprint density at radius 2 is 1.75 bits per heavy atom. The fraction of sp³-hybridized carbons (Fsp3) is 0.300. The Kier molecular flexibility index (Phi) is 6.85. The average molecular weight is 486 g/mol. The minimum absolute atomic E-state index is 0.243. The Morgan fingerprint density at radius 3 is 2.44 bits per heavy atom. The van der Waals surface area contributed by atoms with Crippen molar-refractivity contribution in [3.8, 4) is 28.4 Å². The molecule has 1 N–H and O–H groups in total. The molecule has 1 aliphatic carbocycles. The van der Waals surface area contributed by atoms with Gasteiger partial charge in [0.2, 0.25) is 0 Å². The molecule has 6 heteroatoms. The SMILES string of the molecule is CCCOc1ccc2c(c1)c(-c1ccc(OCC3CC3)cc1)c(C(=O)O)n2Cc1cccc(OC)c1. The number of nitrogens with zero attached hydrogens (tertiary/aromatic N) is 1. The Bertz CT molecular complexity index is 1370. The quantitative estimate of drug-likeness (QED) is 0.258. The molecule has 1 fully saturated rings. The van der Waals surface area contributed by atoms with E-state index >= 15 is 0 Å². The van der Waals surface area contributed by atoms with Crippen molar-refractivity contribution >= 4 is 16.9 Å². The van der Waals surface area contributed by atoms with Gasteiger partial charge in [-0.15, -0.1) is 0 Å². The van der Waals surface area contributed by atoms with Gasteiger partial charge in [0.1, 0.15) is 22.9 Å². The second-order valence-corrected chi connectivity index (χ2v) is 9.27. The van der Waals surface area contributed by atoms with Gasteiger partial charge in [-0.1, -0.05) is 31.2 Å². The molecule has 0 saturated heterocycles. The molecular weight excluding hydrogens is 454 g/mol. The van der Waals surface area contributed by atoms with E-state index in [1.54, 1.807) is 7.11 Å². The zero-order valence-electron chi connectivity index (χ0n) is 20.7. The number of carboxylic acids is 1. The lowest BCUT2D eigenvalue weighted by Crippen LogP contribution is -2.10. The number of aromatic carboxylic acids is 1. The minimum Gasteiger partial charge on any atom is -0.497 e. The van der Waals surface area contributed by atoms with Gasteiger partial charge >= 0.3 is 5.97 Å². The van der Waals surface area contributed by atoms with E-state index in [0.29, 0.717) is 24.6 Å². The van der Waals surface area contributed by atoms with Gasteiger partial charge in [0.05, 0.1) is 20.3 Å². The first kappa shape index (κ1) is 23.8. The molecule has 0 aliphatic heterocycles. The fourth-order valence-corrected chi connectivity index (χ4v) is 4.49. The standard InChI is InChI=1S/C30H31NO5/c1-3-15-35-25-13-14-27-26(17-25)28(22-9-11-23(12-10-22)36-19-20-7-8-20)29(30(32)33)31(27)18-21-5-4-6-24(16-21)34-2/h4-6,9-14,16-17,20H,3,7-8,15,18-19H2,1-2H3,(H,32,33). The van der Waals surface area contributed by atoms with Crippen molar-refractivity contribution in [2.24, 2.45) is 5.92 Å². The molecule has 0 atom stereocenters. The number of rotatable bonds is 11. The van der Waals surface area contributed by atoms with Crippen molar-refractivity contribution in [3.05, 3.63) is 78.0 Å². The van der Waals surface area contributed by atoms with E-state index < -0.39 is 5.97 Å². The number of carboxylic acid groups (broad SMARTS) is 1. The number of benzene rings is 3. The fourth-order valence-electron chi connectivity index (χ4n) is 4.49. The first-order chi connectivity index (χ1) is 17.6. The molecule has 1 saturated carbocycles. The second kappa shape index (κ2) is 10.4. The third-order valence-corrected chi connectivity index (χ3v) is 6.51. The molecule has 4 aromatic rings. The highest BCUT2D eigenvalue weighted by Crippen LogP contribution is 2.38. The number of hydrogen-bond acceptors (Lipinski definition) is 4. The van der Waals surface area contributed by atoms with Crippen LogP contribution in [0.3, 0.4) is 0 Å². The maximum Gasteiger partial charge on any atom is 0.353 e. The predicted molar refractivity (Wildman–Crippen MR) is 140 cm³/mol. The van der Waals surface area contributed by atoms with Crippen LogP contribution in [0.2, 0.25) is 0 Å². The maximum atomic E-state index is 12.7. The summed E-state index contributed by atoms with van der Waals surface area (Å²) in [5.74, 6) is 1.95. The summed E-state index contributed by atoms with van der Waals surface area (Å²) in [6.07, 6.45) is 3.36. The molecular formula is C30H31NO5. The van der Waals surface area contributed by atoms with E-state index in [-0.39, 0.29) is 5.69 Å². The highest BCUT2D eigenvalue weighted by molar-refractivity contribution is 6.08. The number of hydrogen-bond donors (Lipinski definition) is 1. The molecule has 0 bridgehead atoms. The molecule has 1 aliphatic rings. The number of methoxy groups -OCH3 is 1. The molecule has 0 spiro atoms. The van der Waals surface area contributed by atoms with Gasteiger partial charge in [0.15, 0.2) is 0 Å². The lowest BCUT2D eigenvalue weighted by Gasteiger charge is -2.11. The number of aromatic nitrogens is 1. The molecule has 1 heterocycles. The van der Waals surface area contributed by atoms with Crippen LogP contribution < -0.4 is 14.2 Å². The smallest absolute Gasteiger partial charge is 0.353 e. The van der Waals surface area contributed by atoms with Crippen LogP contribution >= 0.6 is 0 Å². The van der Waals surface area contributed by atoms with Crippen molar-refractivity contribution in [2.75, 3.05) is 20.3 Å². The van der Waals surface area contributed by atoms with Crippen LogP contribution in [-0.2, 0) is 6.54 Å². The van der Waals surface area contributed by atoms with Crippen LogP contribution in [-0.4, -0.2) is 36.0 Å². The van der Waals surface area contributed by atoms with E-state index in [0.717, 1.165) is 52.3 Å². The second-order valence-electron chi connectivity index (χ2n) is 9.27. The van der Waals surface area contributed by atoms with Crippen molar-refractivity contribution in [2.45, 2.75) is 32.7 Å². The predicted octanol–water partition coefficient (Wildman–Crippen LogP) is 6.64. The minimum atomic E-state index is -0.978. The van der Waals surface area contributed by atoms with Crippen LogP contribution in [0.4, 0.5) is 0 Å². The molecule has 0 amide bonds. The summed E-state index contributed by atoms with van der Waals surface area (Å²) in [5, 5.41) is 11.2. The van der Waals surface area contributed by atoms with Gasteiger partial charge in [-0.3, -0.25) is 0 Å². The molecule has 5 rings (SSSR count). The Labute approximate surface area is 211 Å². The molecule has 186 valence electrons. The molecule has 1 aromatic heterocycles. The third kappa shape index (κ3) is 5.03. The third-order valence-electron chi connectivity index (χ3n) is 6.51. The van der Waals surface area contributed by atoms with Crippen LogP contribution in [0.15, 0.2) is 66.7 Å². The maximum absolute atomic E-state index is 12.7. The first-order valence-electron chi connectivity index (χ1n) is 12.5. The monoisotopic (exact) mass is 485 g/mol. The van der Waals surface area contributed by atoms with Gasteiger partial charge in [-0.2, -0.15) is 0 Å². The topological polar surface area (TPSA) is 69.9 Å². The van der Waals surface area contributed by atoms with E-state index in [9.17, 15) is 9.90 Å². The number of carbonyl (C=O) groups is 1. The van der Waals surface area contributed by atoms with E-state index in [4.69, 9.17) is 14.2 Å². The normalized spacial score (nSPS) is 13.1.